The van der Waals surface area contributed by atoms with Crippen molar-refractivity contribution in [2.45, 2.75) is 330 Å². The normalized spacial score (nSPS) is 13.0. The molecule has 1 heterocycles. The zero-order valence-electron chi connectivity index (χ0n) is 47.2. The van der Waals surface area contributed by atoms with E-state index in [9.17, 15) is 5.53 Å². The van der Waals surface area contributed by atoms with Crippen LogP contribution in [0.4, 0.5) is 0 Å². The first-order valence-electron chi connectivity index (χ1n) is 31.2. The Kier molecular flexibility index (Phi) is 36.2. The fourth-order valence-electron chi connectivity index (χ4n) is 11.4. The topological polar surface area (TPSA) is 25.3 Å². The second kappa shape index (κ2) is 41.0. The van der Waals surface area contributed by atoms with Crippen LogP contribution in [-0.4, -0.2) is 4.70 Å². The molecule has 0 fully saturated rings. The van der Waals surface area contributed by atoms with E-state index in [2.05, 4.69) is 77.9 Å². The average Bonchev–Trinajstić information content (AvgIpc) is 3.62. The fraction of sp³-hybridized carbons (Fsp3) is 0.761. The lowest BCUT2D eigenvalue weighted by molar-refractivity contribution is -0.345. The van der Waals surface area contributed by atoms with Crippen molar-refractivity contribution in [2.75, 3.05) is 0 Å². The largest absolute Gasteiger partial charge is 0.493 e. The molecular weight excluding hydrogens is 833 g/mol. The van der Waals surface area contributed by atoms with Crippen molar-refractivity contribution in [3.05, 3.63) is 86.5 Å². The second-order valence-electron chi connectivity index (χ2n) is 22.3. The van der Waals surface area contributed by atoms with Crippen LogP contribution in [0, 0.1) is 0 Å². The van der Waals surface area contributed by atoms with Crippen LogP contribution in [0.2, 0.25) is 0 Å². The summed E-state index contributed by atoms with van der Waals surface area (Å²) in [6, 6.07) is 14.6. The number of hydrogen-bond acceptors (Lipinski definition) is 0. The summed E-state index contributed by atoms with van der Waals surface area (Å²) in [6.07, 6.45) is 61.1. The zero-order chi connectivity index (χ0) is 49.4. The first-order valence-corrected chi connectivity index (χ1v) is 31.2. The van der Waals surface area contributed by atoms with Gasteiger partial charge in [-0.25, -0.2) is 4.70 Å². The molecule has 3 rings (SSSR count). The number of allylic oxidation sites excluding steroid dienone is 2. The van der Waals surface area contributed by atoms with Gasteiger partial charge in [-0.05, 0) is 111 Å². The molecule has 2 aromatic carbocycles. The summed E-state index contributed by atoms with van der Waals surface area (Å²) in [5.74, 6) is 0. The number of hydrogen-bond donors (Lipinski definition) is 0. The van der Waals surface area contributed by atoms with Gasteiger partial charge in [-0.2, -0.15) is 0 Å². The lowest BCUT2D eigenvalue weighted by Gasteiger charge is -2.14. The van der Waals surface area contributed by atoms with Gasteiger partial charge in [0, 0.05) is 22.3 Å². The van der Waals surface area contributed by atoms with Gasteiger partial charge in [-0.3, -0.25) is 0 Å². The van der Waals surface area contributed by atoms with Crippen LogP contribution in [0.3, 0.4) is 0 Å². The predicted molar refractivity (Wildman–Crippen MR) is 309 cm³/mol. The highest BCUT2D eigenvalue weighted by atomic mass is 15.2. The Bertz CT molecular complexity index is 1660. The maximum absolute atomic E-state index is 12.3. The lowest BCUT2D eigenvalue weighted by atomic mass is 9.93. The third-order valence-electron chi connectivity index (χ3n) is 15.8. The van der Waals surface area contributed by atoms with E-state index in [-0.39, 0.29) is 0 Å². The molecule has 0 radical (unpaired) electrons. The molecule has 0 spiro atoms. The Morgan fingerprint density at radius 1 is 0.290 bits per heavy atom. The molecule has 0 N–H and O–H groups in total. The lowest BCUT2D eigenvalue weighted by Crippen LogP contribution is -2.05. The quantitative estimate of drug-likeness (QED) is 0.0467. The third kappa shape index (κ3) is 26.7. The fourth-order valence-corrected chi connectivity index (χ4v) is 11.4. The van der Waals surface area contributed by atoms with Crippen LogP contribution in [0.5, 0.6) is 0 Å². The molecule has 2 heteroatoms. The maximum atomic E-state index is 12.3. The van der Waals surface area contributed by atoms with Crippen LogP contribution in [0.15, 0.2) is 47.5 Å². The molecule has 0 atom stereocenters. The Hall–Kier alpha value is -2.48. The summed E-state index contributed by atoms with van der Waals surface area (Å²) >= 11 is 0. The molecule has 1 aliphatic heterocycles. The molecule has 0 amide bonds. The molecule has 0 aromatic heterocycles. The number of nitrogens with zero attached hydrogens (tertiary/aromatic N) is 2. The summed E-state index contributed by atoms with van der Waals surface area (Å²) in [6.45, 7) is 13.8. The Morgan fingerprint density at radius 2 is 0.522 bits per heavy atom. The summed E-state index contributed by atoms with van der Waals surface area (Å²) in [4.78, 5) is 0. The summed E-state index contributed by atoms with van der Waals surface area (Å²) in [5.41, 5.74) is 25.1. The minimum atomic E-state index is 0.914. The van der Waals surface area contributed by atoms with Crippen molar-refractivity contribution in [1.29, 1.82) is 0 Å². The van der Waals surface area contributed by atoms with Gasteiger partial charge in [0.1, 0.15) is 0 Å². The standard InChI is InChI=1S/C67H114N2/c1-7-12-16-18-20-22-24-26-28-30-32-34-36-38-40-42-44-46-50-61-52-59(48-14-9-3)54-63(55-61)66-58(6)65(11-5)67(69(66)68)64-56-60(49-15-10-4)53-62(57-64)51-47-45-43-41-39-37-35-33-31-29-27-25-23-21-19-17-13-8-2/h52-57H,7-51H2,1-6H3. The number of aryl methyl sites for hydroxylation is 4. The van der Waals surface area contributed by atoms with Crippen LogP contribution in [0.25, 0.3) is 16.9 Å². The monoisotopic (exact) mass is 947 g/mol. The number of unbranched alkanes of at least 4 members (excludes halogenated alkanes) is 36. The van der Waals surface area contributed by atoms with E-state index in [1.54, 1.807) is 4.70 Å². The van der Waals surface area contributed by atoms with E-state index in [4.69, 9.17) is 0 Å². The Balaban J connectivity index is 1.47. The predicted octanol–water partition coefficient (Wildman–Crippen LogP) is 23.1. The Labute approximate surface area is 431 Å². The number of rotatable bonds is 47. The van der Waals surface area contributed by atoms with E-state index in [1.807, 2.05) is 0 Å². The van der Waals surface area contributed by atoms with Crippen LogP contribution < -0.4 is 0 Å². The van der Waals surface area contributed by atoms with E-state index in [0.29, 0.717) is 0 Å². The molecule has 0 unspecified atom stereocenters. The van der Waals surface area contributed by atoms with Crippen molar-refractivity contribution < 1.29 is 4.70 Å². The summed E-state index contributed by atoms with van der Waals surface area (Å²) < 4.78 is 1.60. The molecule has 0 aliphatic carbocycles. The summed E-state index contributed by atoms with van der Waals surface area (Å²) in [5, 5.41) is 0. The van der Waals surface area contributed by atoms with Crippen molar-refractivity contribution in [1.82, 2.24) is 0 Å². The smallest absolute Gasteiger partial charge is 0.211 e. The highest BCUT2D eigenvalue weighted by Crippen LogP contribution is 2.42. The molecule has 392 valence electrons. The van der Waals surface area contributed by atoms with Gasteiger partial charge in [-0.1, -0.05) is 278 Å². The molecule has 2 nitrogen and oxygen atoms in total. The summed E-state index contributed by atoms with van der Waals surface area (Å²) in [7, 11) is 0. The maximum Gasteiger partial charge on any atom is 0.211 e. The molecular formula is C67H114N2. The highest BCUT2D eigenvalue weighted by molar-refractivity contribution is 5.82. The van der Waals surface area contributed by atoms with Gasteiger partial charge in [0.05, 0.1) is 0 Å². The van der Waals surface area contributed by atoms with Gasteiger partial charge in [0.15, 0.2) is 0 Å². The van der Waals surface area contributed by atoms with Crippen molar-refractivity contribution in [2.24, 2.45) is 0 Å². The molecule has 1 aliphatic rings. The molecule has 2 aromatic rings. The highest BCUT2D eigenvalue weighted by Gasteiger charge is 2.33. The molecule has 0 bridgehead atoms. The molecule has 0 saturated heterocycles. The minimum absolute atomic E-state index is 0.914. The van der Waals surface area contributed by atoms with Crippen molar-refractivity contribution in [3.8, 4) is 0 Å². The SMILES string of the molecule is CCCCCCCCCCCCCCCCCCCCc1cc(CCCC)cc(C2=C(C)C(CC)=C(c3cc(CCCC)cc(CCCCCCCCCCCCCCCCCCCC)c3)[N+]2=[N-])c1. The molecule has 69 heavy (non-hydrogen) atoms. The van der Waals surface area contributed by atoms with Crippen LogP contribution in [0.1, 0.15) is 338 Å². The third-order valence-corrected chi connectivity index (χ3v) is 15.8. The van der Waals surface area contributed by atoms with E-state index in [0.717, 1.165) is 43.5 Å². The van der Waals surface area contributed by atoms with Crippen LogP contribution >= 0.6 is 0 Å². The van der Waals surface area contributed by atoms with Crippen LogP contribution in [-0.2, 0) is 25.7 Å². The minimum Gasteiger partial charge on any atom is -0.493 e. The second-order valence-corrected chi connectivity index (χ2v) is 22.3. The van der Waals surface area contributed by atoms with E-state index in [1.165, 1.54) is 301 Å². The first kappa shape index (κ1) is 60.8. The van der Waals surface area contributed by atoms with Crippen molar-refractivity contribution >= 4 is 11.4 Å². The number of benzene rings is 2. The van der Waals surface area contributed by atoms with Gasteiger partial charge in [-0.15, -0.1) is 0 Å². The van der Waals surface area contributed by atoms with E-state index < -0.39 is 0 Å². The average molecular weight is 948 g/mol. The van der Waals surface area contributed by atoms with Crippen molar-refractivity contribution in [3.63, 3.8) is 0 Å². The molecule has 0 saturated carbocycles. The van der Waals surface area contributed by atoms with Gasteiger partial charge in [0.2, 0.25) is 11.4 Å². The first-order chi connectivity index (χ1) is 34.0. The van der Waals surface area contributed by atoms with E-state index >= 15 is 0 Å². The van der Waals surface area contributed by atoms with Gasteiger partial charge >= 0.3 is 0 Å². The van der Waals surface area contributed by atoms with Gasteiger partial charge < -0.3 is 5.53 Å². The zero-order valence-corrected chi connectivity index (χ0v) is 47.2. The Morgan fingerprint density at radius 3 is 0.783 bits per heavy atom. The van der Waals surface area contributed by atoms with Gasteiger partial charge in [0.25, 0.3) is 0 Å².